The summed E-state index contributed by atoms with van der Waals surface area (Å²) in [5, 5.41) is 1.32. The Balaban J connectivity index is 2.24. The second-order valence-corrected chi connectivity index (χ2v) is 4.48. The van der Waals surface area contributed by atoms with Crippen molar-refractivity contribution in [1.29, 1.82) is 0 Å². The van der Waals surface area contributed by atoms with E-state index >= 15 is 0 Å². The maximum atomic E-state index is 4.44. The molecule has 15 heavy (non-hydrogen) atoms. The SMILES string of the molecule is Cc1cnc2[nH]c3c(c2c1)CCN(C)C3. The lowest BCUT2D eigenvalue weighted by Gasteiger charge is -2.22. The van der Waals surface area contributed by atoms with Gasteiger partial charge in [0.1, 0.15) is 5.65 Å². The average Bonchev–Trinajstić information content (AvgIpc) is 2.54. The molecule has 1 aliphatic heterocycles. The van der Waals surface area contributed by atoms with E-state index in [4.69, 9.17) is 0 Å². The number of hydrogen-bond donors (Lipinski definition) is 1. The predicted octanol–water partition coefficient (Wildman–Crippen LogP) is 1.86. The molecule has 0 aliphatic carbocycles. The van der Waals surface area contributed by atoms with Gasteiger partial charge in [-0.2, -0.15) is 0 Å². The van der Waals surface area contributed by atoms with Crippen LogP contribution in [0.25, 0.3) is 11.0 Å². The van der Waals surface area contributed by atoms with Gasteiger partial charge in [-0.15, -0.1) is 0 Å². The topological polar surface area (TPSA) is 31.9 Å². The van der Waals surface area contributed by atoms with Crippen molar-refractivity contribution in [2.24, 2.45) is 0 Å². The molecule has 1 aliphatic rings. The zero-order valence-corrected chi connectivity index (χ0v) is 9.17. The summed E-state index contributed by atoms with van der Waals surface area (Å²) in [6, 6.07) is 2.24. The predicted molar refractivity (Wildman–Crippen MR) is 60.9 cm³/mol. The third-order valence-electron chi connectivity index (χ3n) is 3.15. The maximum absolute atomic E-state index is 4.44. The van der Waals surface area contributed by atoms with Gasteiger partial charge < -0.3 is 9.88 Å². The van der Waals surface area contributed by atoms with E-state index in [1.54, 1.807) is 0 Å². The molecule has 0 amide bonds. The molecule has 1 N–H and O–H groups in total. The Labute approximate surface area is 89.1 Å². The van der Waals surface area contributed by atoms with Crippen molar-refractivity contribution in [2.75, 3.05) is 13.6 Å². The van der Waals surface area contributed by atoms with E-state index in [0.29, 0.717) is 0 Å². The van der Waals surface area contributed by atoms with Crippen LogP contribution in [0.5, 0.6) is 0 Å². The van der Waals surface area contributed by atoms with Crippen LogP contribution in [0.4, 0.5) is 0 Å². The Morgan fingerprint density at radius 1 is 1.47 bits per heavy atom. The monoisotopic (exact) mass is 201 g/mol. The molecule has 78 valence electrons. The molecule has 0 aromatic carbocycles. The summed E-state index contributed by atoms with van der Waals surface area (Å²) in [7, 11) is 2.16. The number of likely N-dealkylation sites (N-methyl/N-ethyl adjacent to an activating group) is 1. The molecule has 0 spiro atoms. The summed E-state index contributed by atoms with van der Waals surface area (Å²) in [5.41, 5.74) is 5.10. The van der Waals surface area contributed by atoms with Gasteiger partial charge in [0.25, 0.3) is 0 Å². The Morgan fingerprint density at radius 3 is 3.20 bits per heavy atom. The number of rotatable bonds is 0. The van der Waals surface area contributed by atoms with Crippen LogP contribution < -0.4 is 0 Å². The molecule has 0 saturated heterocycles. The second-order valence-electron chi connectivity index (χ2n) is 4.48. The van der Waals surface area contributed by atoms with E-state index in [2.05, 4.69) is 34.9 Å². The van der Waals surface area contributed by atoms with Gasteiger partial charge in [-0.1, -0.05) is 0 Å². The summed E-state index contributed by atoms with van der Waals surface area (Å²) in [6.07, 6.45) is 3.06. The summed E-state index contributed by atoms with van der Waals surface area (Å²) in [5.74, 6) is 0. The lowest BCUT2D eigenvalue weighted by molar-refractivity contribution is 0.310. The number of fused-ring (bicyclic) bond motifs is 3. The van der Waals surface area contributed by atoms with Crippen molar-refractivity contribution in [3.05, 3.63) is 29.1 Å². The lowest BCUT2D eigenvalue weighted by atomic mass is 10.0. The molecule has 3 rings (SSSR count). The average molecular weight is 201 g/mol. The van der Waals surface area contributed by atoms with Crippen molar-refractivity contribution >= 4 is 11.0 Å². The molecule has 0 bridgehead atoms. The van der Waals surface area contributed by atoms with Crippen molar-refractivity contribution in [2.45, 2.75) is 19.9 Å². The number of nitrogens with zero attached hydrogens (tertiary/aromatic N) is 2. The highest BCUT2D eigenvalue weighted by Crippen LogP contribution is 2.26. The van der Waals surface area contributed by atoms with Crippen LogP contribution in [0, 0.1) is 6.92 Å². The highest BCUT2D eigenvalue weighted by molar-refractivity contribution is 5.82. The van der Waals surface area contributed by atoms with Gasteiger partial charge in [0, 0.05) is 30.4 Å². The maximum Gasteiger partial charge on any atom is 0.137 e. The van der Waals surface area contributed by atoms with Crippen LogP contribution in [0.2, 0.25) is 0 Å². The number of aryl methyl sites for hydroxylation is 1. The van der Waals surface area contributed by atoms with Gasteiger partial charge in [-0.3, -0.25) is 0 Å². The van der Waals surface area contributed by atoms with Crippen LogP contribution in [-0.4, -0.2) is 28.5 Å². The van der Waals surface area contributed by atoms with Gasteiger partial charge >= 0.3 is 0 Å². The van der Waals surface area contributed by atoms with Gasteiger partial charge in [0.05, 0.1) is 0 Å². The number of nitrogens with one attached hydrogen (secondary N) is 1. The smallest absolute Gasteiger partial charge is 0.137 e. The summed E-state index contributed by atoms with van der Waals surface area (Å²) < 4.78 is 0. The van der Waals surface area contributed by atoms with Crippen molar-refractivity contribution in [3.8, 4) is 0 Å². The first-order valence-corrected chi connectivity index (χ1v) is 5.38. The normalized spacial score (nSPS) is 16.9. The molecule has 3 heterocycles. The second kappa shape index (κ2) is 3.07. The zero-order valence-electron chi connectivity index (χ0n) is 9.17. The number of pyridine rings is 1. The van der Waals surface area contributed by atoms with Crippen LogP contribution in [0.15, 0.2) is 12.3 Å². The standard InChI is InChI=1S/C12H15N3/c1-8-5-10-9-3-4-15(2)7-11(9)14-12(10)13-6-8/h5-6H,3-4,7H2,1-2H3,(H,13,14). The van der Waals surface area contributed by atoms with Gasteiger partial charge in [-0.25, -0.2) is 4.98 Å². The summed E-state index contributed by atoms with van der Waals surface area (Å²) >= 11 is 0. The summed E-state index contributed by atoms with van der Waals surface area (Å²) in [4.78, 5) is 10.2. The molecule has 0 fully saturated rings. The van der Waals surface area contributed by atoms with Crippen molar-refractivity contribution in [3.63, 3.8) is 0 Å². The Bertz CT molecular complexity index is 513. The molecular weight excluding hydrogens is 186 g/mol. The fourth-order valence-corrected chi connectivity index (χ4v) is 2.35. The molecule has 3 nitrogen and oxygen atoms in total. The minimum Gasteiger partial charge on any atom is -0.342 e. The number of aromatic amines is 1. The van der Waals surface area contributed by atoms with Crippen LogP contribution in [0.3, 0.4) is 0 Å². The molecule has 2 aromatic heterocycles. The molecule has 0 atom stereocenters. The summed E-state index contributed by atoms with van der Waals surface area (Å²) in [6.45, 7) is 4.26. The quantitative estimate of drug-likeness (QED) is 0.705. The third kappa shape index (κ3) is 1.35. The van der Waals surface area contributed by atoms with E-state index < -0.39 is 0 Å². The molecule has 3 heteroatoms. The third-order valence-corrected chi connectivity index (χ3v) is 3.15. The highest BCUT2D eigenvalue weighted by Gasteiger charge is 2.18. The first kappa shape index (κ1) is 8.92. The fourth-order valence-electron chi connectivity index (χ4n) is 2.35. The van der Waals surface area contributed by atoms with E-state index in [0.717, 1.165) is 25.2 Å². The number of hydrogen-bond acceptors (Lipinski definition) is 2. The van der Waals surface area contributed by atoms with Gasteiger partial charge in [-0.05, 0) is 37.6 Å². The van der Waals surface area contributed by atoms with Crippen LogP contribution in [-0.2, 0) is 13.0 Å². The van der Waals surface area contributed by atoms with Crippen LogP contribution >= 0.6 is 0 Å². The van der Waals surface area contributed by atoms with Crippen molar-refractivity contribution < 1.29 is 0 Å². The molecule has 0 saturated carbocycles. The largest absolute Gasteiger partial charge is 0.342 e. The zero-order chi connectivity index (χ0) is 10.4. The van der Waals surface area contributed by atoms with Gasteiger partial charge in [0.15, 0.2) is 0 Å². The Morgan fingerprint density at radius 2 is 2.33 bits per heavy atom. The van der Waals surface area contributed by atoms with E-state index in [1.807, 2.05) is 6.20 Å². The Hall–Kier alpha value is -1.35. The Kier molecular flexibility index (Phi) is 1.83. The van der Waals surface area contributed by atoms with E-state index in [1.165, 1.54) is 22.2 Å². The minimum atomic E-state index is 1.02. The number of aromatic nitrogens is 2. The fraction of sp³-hybridized carbons (Fsp3) is 0.417. The van der Waals surface area contributed by atoms with E-state index in [-0.39, 0.29) is 0 Å². The highest BCUT2D eigenvalue weighted by atomic mass is 15.1. The molecule has 0 unspecified atom stereocenters. The van der Waals surface area contributed by atoms with Crippen molar-refractivity contribution in [1.82, 2.24) is 14.9 Å². The van der Waals surface area contributed by atoms with E-state index in [9.17, 15) is 0 Å². The van der Waals surface area contributed by atoms with Gasteiger partial charge in [0.2, 0.25) is 0 Å². The number of H-pyrrole nitrogens is 1. The molecular formula is C12H15N3. The lowest BCUT2D eigenvalue weighted by Crippen LogP contribution is -2.26. The minimum absolute atomic E-state index is 1.02. The van der Waals surface area contributed by atoms with Crippen LogP contribution in [0.1, 0.15) is 16.8 Å². The first-order valence-electron chi connectivity index (χ1n) is 5.38. The first-order chi connectivity index (χ1) is 7.24. The molecule has 2 aromatic rings. The molecule has 0 radical (unpaired) electrons.